The van der Waals surface area contributed by atoms with Gasteiger partial charge in [0.2, 0.25) is 10.0 Å². The number of hydrogen-bond acceptors (Lipinski definition) is 8. The summed E-state index contributed by atoms with van der Waals surface area (Å²) in [6.45, 7) is 4.46. The molecule has 0 aliphatic carbocycles. The number of nitro benzene ring substituents is 1. The van der Waals surface area contributed by atoms with Crippen molar-refractivity contribution in [1.29, 1.82) is 0 Å². The summed E-state index contributed by atoms with van der Waals surface area (Å²) in [5, 5.41) is 13.6. The van der Waals surface area contributed by atoms with E-state index in [4.69, 9.17) is 4.74 Å². The maximum absolute atomic E-state index is 13.0. The summed E-state index contributed by atoms with van der Waals surface area (Å²) in [6.07, 6.45) is 1.44. The van der Waals surface area contributed by atoms with Gasteiger partial charge in [-0.15, -0.1) is 0 Å². The number of carbonyl (C=O) groups excluding carboxylic acids is 1. The molecule has 0 saturated carbocycles. The van der Waals surface area contributed by atoms with Gasteiger partial charge in [-0.3, -0.25) is 20.2 Å². The highest BCUT2D eigenvalue weighted by atomic mass is 32.2. The van der Waals surface area contributed by atoms with Gasteiger partial charge in [-0.1, -0.05) is 25.2 Å². The summed E-state index contributed by atoms with van der Waals surface area (Å²) in [5.74, 6) is -0.143. The molecule has 10 nitrogen and oxygen atoms in total. The molecule has 0 fully saturated rings. The van der Waals surface area contributed by atoms with Crippen LogP contribution in [-0.2, 0) is 14.8 Å². The van der Waals surface area contributed by atoms with E-state index in [0.717, 1.165) is 24.2 Å². The van der Waals surface area contributed by atoms with Crippen LogP contribution < -0.4 is 10.1 Å². The van der Waals surface area contributed by atoms with Crippen molar-refractivity contribution in [1.82, 2.24) is 9.29 Å². The number of benzene rings is 2. The lowest BCUT2D eigenvalue weighted by atomic mass is 10.3. The van der Waals surface area contributed by atoms with E-state index in [1.165, 1.54) is 34.6 Å². The van der Waals surface area contributed by atoms with Crippen molar-refractivity contribution in [2.24, 2.45) is 0 Å². The number of anilines is 1. The van der Waals surface area contributed by atoms with E-state index in [9.17, 15) is 23.3 Å². The van der Waals surface area contributed by atoms with E-state index in [0.29, 0.717) is 34.2 Å². The Morgan fingerprint density at radius 1 is 1.15 bits per heavy atom. The molecule has 0 aliphatic rings. The van der Waals surface area contributed by atoms with Crippen molar-refractivity contribution in [3.05, 3.63) is 52.6 Å². The van der Waals surface area contributed by atoms with E-state index in [1.54, 1.807) is 12.1 Å². The first-order valence-electron chi connectivity index (χ1n) is 10.3. The smallest absolute Gasteiger partial charge is 0.269 e. The Morgan fingerprint density at radius 2 is 1.82 bits per heavy atom. The minimum absolute atomic E-state index is 0.0739. The molecule has 0 atom stereocenters. The number of nitrogens with one attached hydrogen (secondary N) is 1. The number of amides is 1. The third-order valence-corrected chi connectivity index (χ3v) is 7.44. The van der Waals surface area contributed by atoms with Crippen LogP contribution in [0.2, 0.25) is 0 Å². The van der Waals surface area contributed by atoms with Gasteiger partial charge in [0, 0.05) is 25.2 Å². The Bertz CT molecular complexity index is 1240. The molecule has 1 amide bonds. The molecule has 0 unspecified atom stereocenters. The van der Waals surface area contributed by atoms with Crippen LogP contribution in [0.4, 0.5) is 10.8 Å². The molecule has 0 bridgehead atoms. The van der Waals surface area contributed by atoms with Crippen LogP contribution in [0.1, 0.15) is 26.7 Å². The molecule has 0 saturated heterocycles. The fourth-order valence-electron chi connectivity index (χ4n) is 3.09. The maximum atomic E-state index is 13.0. The molecule has 176 valence electrons. The minimum atomic E-state index is -3.62. The van der Waals surface area contributed by atoms with Crippen LogP contribution in [0.5, 0.6) is 5.75 Å². The zero-order chi connectivity index (χ0) is 24.0. The quantitative estimate of drug-likeness (QED) is 0.316. The van der Waals surface area contributed by atoms with Gasteiger partial charge in [-0.2, -0.15) is 4.31 Å². The predicted molar refractivity (Wildman–Crippen MR) is 126 cm³/mol. The molecule has 0 spiro atoms. The molecule has 1 N–H and O–H groups in total. The first-order chi connectivity index (χ1) is 15.7. The van der Waals surface area contributed by atoms with Crippen LogP contribution in [0.15, 0.2) is 47.4 Å². The van der Waals surface area contributed by atoms with Crippen LogP contribution >= 0.6 is 11.3 Å². The number of aromatic nitrogens is 1. The minimum Gasteiger partial charge on any atom is -0.484 e. The second-order valence-corrected chi connectivity index (χ2v) is 10.1. The van der Waals surface area contributed by atoms with E-state index >= 15 is 0 Å². The van der Waals surface area contributed by atoms with Crippen molar-refractivity contribution in [3.63, 3.8) is 0 Å². The van der Waals surface area contributed by atoms with E-state index in [-0.39, 0.29) is 17.2 Å². The molecule has 0 aliphatic heterocycles. The Hall–Kier alpha value is -3.09. The number of nitro groups is 1. The third kappa shape index (κ3) is 6.03. The molecule has 33 heavy (non-hydrogen) atoms. The highest BCUT2D eigenvalue weighted by molar-refractivity contribution is 7.89. The molecule has 12 heteroatoms. The van der Waals surface area contributed by atoms with Crippen LogP contribution in [0.3, 0.4) is 0 Å². The summed E-state index contributed by atoms with van der Waals surface area (Å²) in [5.41, 5.74) is 0.498. The number of sulfonamides is 1. The molecule has 2 aromatic carbocycles. The number of rotatable bonds is 11. The van der Waals surface area contributed by atoms with E-state index in [2.05, 4.69) is 10.3 Å². The van der Waals surface area contributed by atoms with Gasteiger partial charge in [0.1, 0.15) is 5.75 Å². The molecule has 0 radical (unpaired) electrons. The van der Waals surface area contributed by atoms with Gasteiger partial charge >= 0.3 is 0 Å². The van der Waals surface area contributed by atoms with Gasteiger partial charge in [0.05, 0.1) is 20.0 Å². The summed E-state index contributed by atoms with van der Waals surface area (Å²) in [4.78, 5) is 26.9. The fourth-order valence-corrected chi connectivity index (χ4v) is 5.73. The van der Waals surface area contributed by atoms with Gasteiger partial charge in [0.15, 0.2) is 11.7 Å². The average Bonchev–Trinajstić information content (AvgIpc) is 3.19. The Balaban J connectivity index is 1.68. The lowest BCUT2D eigenvalue weighted by Gasteiger charge is -2.20. The van der Waals surface area contributed by atoms with E-state index in [1.807, 2.05) is 13.8 Å². The van der Waals surface area contributed by atoms with Crippen molar-refractivity contribution >= 4 is 48.3 Å². The van der Waals surface area contributed by atoms with Gasteiger partial charge in [0.25, 0.3) is 11.6 Å². The zero-order valence-corrected chi connectivity index (χ0v) is 19.8. The lowest BCUT2D eigenvalue weighted by molar-refractivity contribution is -0.384. The highest BCUT2D eigenvalue weighted by Crippen LogP contribution is 2.29. The molecule has 3 aromatic rings. The van der Waals surface area contributed by atoms with Gasteiger partial charge in [-0.05, 0) is 43.2 Å². The maximum Gasteiger partial charge on any atom is 0.269 e. The van der Waals surface area contributed by atoms with Gasteiger partial charge < -0.3 is 4.74 Å². The monoisotopic (exact) mass is 492 g/mol. The lowest BCUT2D eigenvalue weighted by Crippen LogP contribution is -2.32. The first-order valence-corrected chi connectivity index (χ1v) is 12.6. The number of fused-ring (bicyclic) bond motifs is 1. The topological polar surface area (TPSA) is 132 Å². The van der Waals surface area contributed by atoms with Crippen LogP contribution in [-0.4, -0.2) is 48.2 Å². The zero-order valence-electron chi connectivity index (χ0n) is 18.2. The second kappa shape index (κ2) is 10.7. The molecular formula is C21H24N4O6S2. The second-order valence-electron chi connectivity index (χ2n) is 7.14. The Labute approximate surface area is 195 Å². The number of hydrogen-bond donors (Lipinski definition) is 1. The van der Waals surface area contributed by atoms with Crippen molar-refractivity contribution < 1.29 is 22.9 Å². The number of non-ortho nitro benzene ring substituents is 1. The Kier molecular flexibility index (Phi) is 7.95. The largest absolute Gasteiger partial charge is 0.484 e. The standard InChI is InChI=1S/C21H24N4O6S2/c1-3-11-24(12-4-2)33(29,30)17-9-10-18-19(13-17)32-21(22-18)23-20(26)14-31-16-7-5-15(6-8-16)25(27)28/h5-10,13H,3-4,11-12,14H2,1-2H3,(H,22,23,26). The number of nitrogens with zero attached hydrogens (tertiary/aromatic N) is 3. The Morgan fingerprint density at radius 3 is 2.42 bits per heavy atom. The molecule has 1 heterocycles. The van der Waals surface area contributed by atoms with Crippen molar-refractivity contribution in [3.8, 4) is 5.75 Å². The van der Waals surface area contributed by atoms with Crippen LogP contribution in [0.25, 0.3) is 10.2 Å². The highest BCUT2D eigenvalue weighted by Gasteiger charge is 2.24. The molecule has 1 aromatic heterocycles. The third-order valence-electron chi connectivity index (χ3n) is 4.61. The first kappa shape index (κ1) is 24.6. The van der Waals surface area contributed by atoms with Crippen molar-refractivity contribution in [2.45, 2.75) is 31.6 Å². The SMILES string of the molecule is CCCN(CCC)S(=O)(=O)c1ccc2nc(NC(=O)COc3ccc([N+](=O)[O-])cc3)sc2c1. The van der Waals surface area contributed by atoms with Gasteiger partial charge in [-0.25, -0.2) is 13.4 Å². The summed E-state index contributed by atoms with van der Waals surface area (Å²) < 4.78 is 33.5. The molecule has 3 rings (SSSR count). The number of ether oxygens (including phenoxy) is 1. The number of carbonyl (C=O) groups is 1. The number of thiazole rings is 1. The van der Waals surface area contributed by atoms with E-state index < -0.39 is 20.9 Å². The molecular weight excluding hydrogens is 468 g/mol. The summed E-state index contributed by atoms with van der Waals surface area (Å²) >= 11 is 1.16. The summed E-state index contributed by atoms with van der Waals surface area (Å²) in [6, 6.07) is 10.1. The predicted octanol–water partition coefficient (Wildman–Crippen LogP) is 4.03. The van der Waals surface area contributed by atoms with Crippen LogP contribution in [0, 0.1) is 10.1 Å². The normalized spacial score (nSPS) is 11.6. The summed E-state index contributed by atoms with van der Waals surface area (Å²) in [7, 11) is -3.62. The van der Waals surface area contributed by atoms with Crippen molar-refractivity contribution in [2.75, 3.05) is 25.0 Å². The average molecular weight is 493 g/mol. The fraction of sp³-hybridized carbons (Fsp3) is 0.333.